The van der Waals surface area contributed by atoms with Gasteiger partial charge in [-0.3, -0.25) is 9.91 Å². The van der Waals surface area contributed by atoms with Gasteiger partial charge in [-0.15, -0.1) is 11.5 Å². The summed E-state index contributed by atoms with van der Waals surface area (Å²) in [6, 6.07) is 6.19. The van der Waals surface area contributed by atoms with E-state index in [0.29, 0.717) is 59.4 Å². The van der Waals surface area contributed by atoms with Crippen molar-refractivity contribution in [2.24, 2.45) is 21.2 Å². The Morgan fingerprint density at radius 2 is 2.07 bits per heavy atom. The molecule has 0 radical (unpaired) electrons. The minimum Gasteiger partial charge on any atom is -0.468 e. The number of halogens is 3. The van der Waals surface area contributed by atoms with Gasteiger partial charge in [-0.2, -0.15) is 4.99 Å². The van der Waals surface area contributed by atoms with Gasteiger partial charge in [0, 0.05) is 37.6 Å². The van der Waals surface area contributed by atoms with Gasteiger partial charge in [-0.1, -0.05) is 17.1 Å². The predicted octanol–water partition coefficient (Wildman–Crippen LogP) is 5.31. The summed E-state index contributed by atoms with van der Waals surface area (Å²) < 4.78 is 64.2. The number of fused-ring (bicyclic) bond motifs is 4. The number of oxime groups is 1. The third kappa shape index (κ3) is 4.51. The SMILES string of the molecule is C#Cc1c(F)ccc2cc(OCOC)cc(C3=C(F)C4=NC(OC[C@@]56CCCN5C[C@H](F)C6)=NN5CCCC(=C45)[C@@H]4CON=C34)c12. The Hall–Kier alpha value is -4.34. The van der Waals surface area contributed by atoms with E-state index in [1.54, 1.807) is 23.2 Å². The third-order valence-corrected chi connectivity index (χ3v) is 9.88. The second-order valence-electron chi connectivity index (χ2n) is 12.5. The monoisotopic (exact) mass is 631 g/mol. The first kappa shape index (κ1) is 29.1. The molecule has 1 aliphatic carbocycles. The Morgan fingerprint density at radius 1 is 1.17 bits per heavy atom. The molecule has 2 aromatic rings. The molecule has 2 fully saturated rings. The Balaban J connectivity index is 1.30. The van der Waals surface area contributed by atoms with Gasteiger partial charge in [0.2, 0.25) is 0 Å². The first-order valence-corrected chi connectivity index (χ1v) is 15.6. The molecule has 6 aliphatic rings. The number of hydrogen-bond acceptors (Lipinski definition) is 9. The zero-order valence-electron chi connectivity index (χ0n) is 25.3. The van der Waals surface area contributed by atoms with Crippen LogP contribution in [0.15, 0.2) is 56.6 Å². The van der Waals surface area contributed by atoms with E-state index in [-0.39, 0.29) is 42.9 Å². The lowest BCUT2D eigenvalue weighted by Crippen LogP contribution is -2.43. The number of hydrazone groups is 1. The fourth-order valence-electron chi connectivity index (χ4n) is 7.92. The molecule has 238 valence electrons. The molecule has 12 heteroatoms. The molecule has 0 amide bonds. The predicted molar refractivity (Wildman–Crippen MR) is 166 cm³/mol. The average Bonchev–Trinajstić information content (AvgIpc) is 3.75. The summed E-state index contributed by atoms with van der Waals surface area (Å²) in [5.41, 5.74) is 1.83. The maximum Gasteiger partial charge on any atom is 0.334 e. The molecule has 5 heterocycles. The zero-order chi connectivity index (χ0) is 31.6. The van der Waals surface area contributed by atoms with Crippen molar-refractivity contribution in [2.75, 3.05) is 46.8 Å². The lowest BCUT2D eigenvalue weighted by atomic mass is 9.84. The van der Waals surface area contributed by atoms with Crippen LogP contribution in [0, 0.1) is 24.1 Å². The Morgan fingerprint density at radius 3 is 2.91 bits per heavy atom. The Labute approximate surface area is 264 Å². The lowest BCUT2D eigenvalue weighted by molar-refractivity contribution is 0.0512. The summed E-state index contributed by atoms with van der Waals surface area (Å²) in [7, 11) is 1.49. The lowest BCUT2D eigenvalue weighted by Gasteiger charge is -2.34. The van der Waals surface area contributed by atoms with Crippen molar-refractivity contribution in [1.29, 1.82) is 0 Å². The molecule has 0 aromatic heterocycles. The molecule has 2 saturated heterocycles. The highest BCUT2D eigenvalue weighted by Crippen LogP contribution is 2.46. The number of terminal acetylenes is 1. The highest BCUT2D eigenvalue weighted by Gasteiger charge is 2.50. The number of amidine groups is 1. The standard InChI is InChI=1S/C34H32F3N5O4/c1-3-22-26(36)8-7-19-12-21(45-18-43-2)13-24(27(19)22)28-29(37)31-32-23(25-16-46-40-30(25)28)6-4-11-42(32)39-33(38-31)44-17-34-9-5-10-41(34)15-20(35)14-34/h1,7-8,12-13,20,25H,4-6,9-11,14-18H2,2H3/t20-,25+,34+/m1/s1. The molecule has 46 heavy (non-hydrogen) atoms. The summed E-state index contributed by atoms with van der Waals surface area (Å²) in [6.07, 6.45) is 8.52. The minimum atomic E-state index is -0.911. The normalized spacial score (nSPS) is 26.9. The summed E-state index contributed by atoms with van der Waals surface area (Å²) in [4.78, 5) is 12.4. The van der Waals surface area contributed by atoms with Gasteiger partial charge in [0.05, 0.1) is 22.7 Å². The summed E-state index contributed by atoms with van der Waals surface area (Å²) in [5, 5.41) is 11.7. The first-order valence-electron chi connectivity index (χ1n) is 15.6. The van der Waals surface area contributed by atoms with Gasteiger partial charge in [0.25, 0.3) is 0 Å². The number of ether oxygens (including phenoxy) is 3. The zero-order valence-corrected chi connectivity index (χ0v) is 25.3. The van der Waals surface area contributed by atoms with Crippen molar-refractivity contribution in [3.8, 4) is 18.1 Å². The molecule has 2 aromatic carbocycles. The van der Waals surface area contributed by atoms with Gasteiger partial charge in [0.15, 0.2) is 12.6 Å². The molecule has 9 nitrogen and oxygen atoms in total. The molecule has 0 saturated carbocycles. The Bertz CT molecular complexity index is 1850. The van der Waals surface area contributed by atoms with E-state index in [1.165, 1.54) is 13.2 Å². The van der Waals surface area contributed by atoms with Crippen molar-refractivity contribution >= 4 is 33.8 Å². The molecule has 3 atom stereocenters. The van der Waals surface area contributed by atoms with Crippen LogP contribution in [0.5, 0.6) is 5.75 Å². The molecular formula is C34H32F3N5O4. The molecule has 5 aliphatic heterocycles. The highest BCUT2D eigenvalue weighted by molar-refractivity contribution is 6.37. The smallest absolute Gasteiger partial charge is 0.334 e. The summed E-state index contributed by atoms with van der Waals surface area (Å²) >= 11 is 0. The van der Waals surface area contributed by atoms with E-state index in [2.05, 4.69) is 21.0 Å². The van der Waals surface area contributed by atoms with Crippen LogP contribution >= 0.6 is 0 Å². The molecule has 0 unspecified atom stereocenters. The van der Waals surface area contributed by atoms with Gasteiger partial charge in [-0.05, 0) is 66.9 Å². The molecule has 0 N–H and O–H groups in total. The quantitative estimate of drug-likeness (QED) is 0.318. The van der Waals surface area contributed by atoms with Crippen molar-refractivity contribution in [1.82, 2.24) is 9.91 Å². The molecule has 8 rings (SSSR count). The van der Waals surface area contributed by atoms with Crippen LogP contribution < -0.4 is 4.74 Å². The highest BCUT2D eigenvalue weighted by atomic mass is 19.1. The summed E-state index contributed by atoms with van der Waals surface area (Å²) in [6.45, 7) is 2.10. The number of alkyl halides is 1. The second kappa shape index (κ2) is 11.2. The maximum atomic E-state index is 17.5. The van der Waals surface area contributed by atoms with Crippen LogP contribution in [0.3, 0.4) is 0 Å². The molecule has 0 bridgehead atoms. The topological polar surface area (TPSA) is 80.5 Å². The van der Waals surface area contributed by atoms with Crippen LogP contribution in [0.2, 0.25) is 0 Å². The fourth-order valence-corrected chi connectivity index (χ4v) is 7.92. The fraction of sp³-hybridized carbons (Fsp3) is 0.441. The molecular weight excluding hydrogens is 599 g/mol. The second-order valence-corrected chi connectivity index (χ2v) is 12.5. The number of methoxy groups -OCH3 is 1. The largest absolute Gasteiger partial charge is 0.468 e. The Kier molecular flexibility index (Phi) is 7.06. The number of hydrogen-bond donors (Lipinski definition) is 0. The number of rotatable bonds is 6. The number of nitrogens with zero attached hydrogens (tertiary/aromatic N) is 5. The van der Waals surface area contributed by atoms with Crippen molar-refractivity contribution in [3.63, 3.8) is 0 Å². The van der Waals surface area contributed by atoms with E-state index in [4.69, 9.17) is 30.6 Å². The van der Waals surface area contributed by atoms with Gasteiger partial charge in [0.1, 0.15) is 42.4 Å². The van der Waals surface area contributed by atoms with Crippen molar-refractivity contribution in [3.05, 3.63) is 58.3 Å². The molecule has 0 spiro atoms. The summed E-state index contributed by atoms with van der Waals surface area (Å²) in [5.74, 6) is 1.14. The average molecular weight is 632 g/mol. The number of benzene rings is 2. The van der Waals surface area contributed by atoms with Crippen LogP contribution in [-0.2, 0) is 14.3 Å². The van der Waals surface area contributed by atoms with Crippen molar-refractivity contribution in [2.45, 2.75) is 43.8 Å². The van der Waals surface area contributed by atoms with Crippen LogP contribution in [0.4, 0.5) is 13.2 Å². The van der Waals surface area contributed by atoms with Gasteiger partial charge >= 0.3 is 6.02 Å². The van der Waals surface area contributed by atoms with Gasteiger partial charge in [-0.25, -0.2) is 13.2 Å². The third-order valence-electron chi connectivity index (χ3n) is 9.88. The first-order chi connectivity index (χ1) is 22.4. The van der Waals surface area contributed by atoms with Crippen LogP contribution in [0.25, 0.3) is 16.3 Å². The number of allylic oxidation sites excluding steroid dienone is 2. The van der Waals surface area contributed by atoms with E-state index in [0.717, 1.165) is 31.4 Å². The number of aliphatic imine (C=N–C) groups is 1. The van der Waals surface area contributed by atoms with E-state index in [1.807, 2.05) is 0 Å². The van der Waals surface area contributed by atoms with Crippen molar-refractivity contribution < 1.29 is 32.2 Å². The van der Waals surface area contributed by atoms with E-state index < -0.39 is 29.3 Å². The van der Waals surface area contributed by atoms with E-state index >= 15 is 8.78 Å². The minimum absolute atomic E-state index is 0.00924. The van der Waals surface area contributed by atoms with Crippen LogP contribution in [0.1, 0.15) is 43.2 Å². The maximum absolute atomic E-state index is 17.5. The van der Waals surface area contributed by atoms with E-state index in [9.17, 15) is 4.39 Å². The van der Waals surface area contributed by atoms with Crippen LogP contribution in [-0.4, -0.2) is 85.8 Å². The van der Waals surface area contributed by atoms with Gasteiger partial charge < -0.3 is 19.0 Å².